The molecule has 2 rings (SSSR count). The molecule has 1 aromatic heterocycles. The van der Waals surface area contributed by atoms with E-state index in [1.165, 1.54) is 5.51 Å². The fraction of sp³-hybridized carbons (Fsp3) is 0.455. The Morgan fingerprint density at radius 3 is 3.10 bits per heavy atom. The Morgan fingerprint density at radius 2 is 2.45 bits per heavy atom. The molecule has 1 fully saturated rings. The van der Waals surface area contributed by atoms with Gasteiger partial charge in [-0.25, -0.2) is 22.9 Å². The van der Waals surface area contributed by atoms with Gasteiger partial charge in [-0.15, -0.1) is 17.9 Å². The Labute approximate surface area is 120 Å². The van der Waals surface area contributed by atoms with E-state index in [0.717, 1.165) is 17.8 Å². The van der Waals surface area contributed by atoms with Gasteiger partial charge in [0.2, 0.25) is 0 Å². The highest BCUT2D eigenvalue weighted by molar-refractivity contribution is 7.91. The van der Waals surface area contributed by atoms with E-state index in [2.05, 4.69) is 16.3 Å². The van der Waals surface area contributed by atoms with Gasteiger partial charge in [0.05, 0.1) is 11.6 Å². The second-order valence-electron chi connectivity index (χ2n) is 4.27. The summed E-state index contributed by atoms with van der Waals surface area (Å²) in [7, 11) is -3.88. The molecule has 2 atom stereocenters. The molecule has 20 heavy (non-hydrogen) atoms. The van der Waals surface area contributed by atoms with E-state index in [1.807, 2.05) is 0 Å². The zero-order chi connectivity index (χ0) is 14.8. The highest BCUT2D eigenvalue weighted by atomic mass is 32.2. The third-order valence-electron chi connectivity index (χ3n) is 3.01. The Morgan fingerprint density at radius 1 is 1.70 bits per heavy atom. The van der Waals surface area contributed by atoms with Gasteiger partial charge in [-0.3, -0.25) is 0 Å². The van der Waals surface area contributed by atoms with Gasteiger partial charge in [-0.05, 0) is 6.42 Å². The number of hydrogen-bond acceptors (Lipinski definition) is 6. The van der Waals surface area contributed by atoms with Gasteiger partial charge in [-0.2, -0.15) is 0 Å². The molecule has 1 aliphatic heterocycles. The maximum atomic E-state index is 12.1. The van der Waals surface area contributed by atoms with Gasteiger partial charge >= 0.3 is 5.97 Å². The fourth-order valence-corrected chi connectivity index (χ4v) is 4.26. The minimum atomic E-state index is -3.88. The third-order valence-corrected chi connectivity index (χ3v) is 5.81. The summed E-state index contributed by atoms with van der Waals surface area (Å²) < 4.78 is 31.7. The number of carboxylic acid groups (broad SMARTS) is 1. The number of thiazole rings is 1. The molecular weight excluding hydrogens is 304 g/mol. The number of nitrogens with one attached hydrogen (secondary N) is 1. The molecule has 0 amide bonds. The maximum absolute atomic E-state index is 12.1. The van der Waals surface area contributed by atoms with Crippen LogP contribution in [0.5, 0.6) is 0 Å². The molecule has 2 N–H and O–H groups in total. The van der Waals surface area contributed by atoms with Gasteiger partial charge in [0, 0.05) is 19.1 Å². The number of aromatic carboxylic acids is 1. The Hall–Kier alpha value is -1.29. The number of sulfonamides is 1. The summed E-state index contributed by atoms with van der Waals surface area (Å²) in [6, 6.07) is 0. The van der Waals surface area contributed by atoms with Gasteiger partial charge in [0.1, 0.15) is 0 Å². The lowest BCUT2D eigenvalue weighted by molar-refractivity contribution is 0.0687. The number of rotatable bonds is 6. The average molecular weight is 318 g/mol. The topological polar surface area (TPSA) is 106 Å². The summed E-state index contributed by atoms with van der Waals surface area (Å²) in [6.07, 6.45) is 2.19. The van der Waals surface area contributed by atoms with Crippen LogP contribution in [0.3, 0.4) is 0 Å². The zero-order valence-corrected chi connectivity index (χ0v) is 12.1. The number of carbonyl (C=O) groups is 1. The van der Waals surface area contributed by atoms with E-state index in [-0.39, 0.29) is 22.8 Å². The standard InChI is InChI=1S/C11H14N2O5S2/c1-2-8-7(3-4-18-8)5-13-20(16,17)11-9(10(14)15)12-6-19-11/h2,6-8,13H,1,3-5H2,(H,14,15)/t7-,8-/m0/s1. The highest BCUT2D eigenvalue weighted by Crippen LogP contribution is 2.23. The maximum Gasteiger partial charge on any atom is 0.356 e. The quantitative estimate of drug-likeness (QED) is 0.748. The lowest BCUT2D eigenvalue weighted by Gasteiger charge is -2.15. The predicted octanol–water partition coefficient (Wildman–Crippen LogP) is 0.711. The van der Waals surface area contributed by atoms with Crippen molar-refractivity contribution in [2.75, 3.05) is 13.2 Å². The summed E-state index contributed by atoms with van der Waals surface area (Å²) in [4.78, 5) is 14.5. The monoisotopic (exact) mass is 318 g/mol. The average Bonchev–Trinajstić information content (AvgIpc) is 3.05. The van der Waals surface area contributed by atoms with E-state index in [1.54, 1.807) is 6.08 Å². The first-order valence-electron chi connectivity index (χ1n) is 5.86. The van der Waals surface area contributed by atoms with Crippen molar-refractivity contribution in [1.82, 2.24) is 9.71 Å². The first-order valence-corrected chi connectivity index (χ1v) is 8.22. The molecule has 1 aliphatic rings. The molecule has 2 heterocycles. The second kappa shape index (κ2) is 6.00. The Bertz CT molecular complexity index is 610. The number of ether oxygens (including phenoxy) is 1. The molecule has 0 unspecified atom stereocenters. The van der Waals surface area contributed by atoms with Crippen LogP contribution >= 0.6 is 11.3 Å². The van der Waals surface area contributed by atoms with Gasteiger partial charge in [0.25, 0.3) is 10.0 Å². The van der Waals surface area contributed by atoms with Crippen molar-refractivity contribution < 1.29 is 23.1 Å². The number of nitrogens with zero attached hydrogens (tertiary/aromatic N) is 1. The van der Waals surface area contributed by atoms with Crippen LogP contribution in [0.1, 0.15) is 16.9 Å². The smallest absolute Gasteiger partial charge is 0.356 e. The minimum absolute atomic E-state index is 0.00322. The summed E-state index contributed by atoms with van der Waals surface area (Å²) in [6.45, 7) is 4.37. The molecule has 7 nitrogen and oxygen atoms in total. The molecule has 0 spiro atoms. The SMILES string of the molecule is C=C[C@@H]1OCC[C@H]1CNS(=O)(=O)c1scnc1C(=O)O. The van der Waals surface area contributed by atoms with Crippen LogP contribution < -0.4 is 4.72 Å². The third kappa shape index (κ3) is 3.06. The number of hydrogen-bond donors (Lipinski definition) is 2. The molecule has 9 heteroatoms. The van der Waals surface area contributed by atoms with E-state index >= 15 is 0 Å². The summed E-state index contributed by atoms with van der Waals surface area (Å²) in [5, 5.41) is 8.90. The zero-order valence-electron chi connectivity index (χ0n) is 10.5. The molecule has 110 valence electrons. The van der Waals surface area contributed by atoms with E-state index in [9.17, 15) is 13.2 Å². The normalized spacial score (nSPS) is 22.8. The van der Waals surface area contributed by atoms with Crippen LogP contribution in [-0.4, -0.2) is 43.7 Å². The van der Waals surface area contributed by atoms with Crippen LogP contribution in [0.2, 0.25) is 0 Å². The van der Waals surface area contributed by atoms with Gasteiger partial charge < -0.3 is 9.84 Å². The van der Waals surface area contributed by atoms with Gasteiger partial charge in [-0.1, -0.05) is 6.08 Å². The Kier molecular flexibility index (Phi) is 4.53. The van der Waals surface area contributed by atoms with Crippen LogP contribution in [0.25, 0.3) is 0 Å². The Balaban J connectivity index is 2.10. The molecule has 0 bridgehead atoms. The largest absolute Gasteiger partial charge is 0.476 e. The molecule has 1 aromatic rings. The van der Waals surface area contributed by atoms with Crippen LogP contribution in [-0.2, 0) is 14.8 Å². The second-order valence-corrected chi connectivity index (χ2v) is 7.08. The molecule has 0 radical (unpaired) electrons. The highest BCUT2D eigenvalue weighted by Gasteiger charge is 2.30. The fourth-order valence-electron chi connectivity index (χ4n) is 1.99. The van der Waals surface area contributed by atoms with Crippen molar-refractivity contribution >= 4 is 27.3 Å². The number of carboxylic acids is 1. The first kappa shape index (κ1) is 15.1. The van der Waals surface area contributed by atoms with Crippen molar-refractivity contribution in [1.29, 1.82) is 0 Å². The molecule has 0 saturated carbocycles. The summed E-state index contributed by atoms with van der Waals surface area (Å²) >= 11 is 0.780. The van der Waals surface area contributed by atoms with Crippen molar-refractivity contribution in [2.45, 2.75) is 16.7 Å². The lowest BCUT2D eigenvalue weighted by atomic mass is 10.0. The van der Waals surface area contributed by atoms with Crippen LogP contribution in [0.15, 0.2) is 22.4 Å². The minimum Gasteiger partial charge on any atom is -0.476 e. The first-order chi connectivity index (χ1) is 9.45. The summed E-state index contributed by atoms with van der Waals surface area (Å²) in [5.41, 5.74) is 0.744. The van der Waals surface area contributed by atoms with Crippen molar-refractivity contribution in [3.63, 3.8) is 0 Å². The molecule has 0 aliphatic carbocycles. The molecule has 0 aromatic carbocycles. The van der Waals surface area contributed by atoms with Crippen molar-refractivity contribution in [3.8, 4) is 0 Å². The predicted molar refractivity (Wildman–Crippen MR) is 72.3 cm³/mol. The van der Waals surface area contributed by atoms with E-state index < -0.39 is 21.7 Å². The summed E-state index contributed by atoms with van der Waals surface area (Å²) in [5.74, 6) is -1.36. The lowest BCUT2D eigenvalue weighted by Crippen LogP contribution is -2.32. The molecular formula is C11H14N2O5S2. The van der Waals surface area contributed by atoms with Gasteiger partial charge in [0.15, 0.2) is 9.90 Å². The van der Waals surface area contributed by atoms with E-state index in [4.69, 9.17) is 9.84 Å². The van der Waals surface area contributed by atoms with Crippen LogP contribution in [0, 0.1) is 5.92 Å². The molecule has 1 saturated heterocycles. The van der Waals surface area contributed by atoms with Crippen molar-refractivity contribution in [3.05, 3.63) is 23.9 Å². The van der Waals surface area contributed by atoms with Crippen molar-refractivity contribution in [2.24, 2.45) is 5.92 Å². The van der Waals surface area contributed by atoms with Crippen LogP contribution in [0.4, 0.5) is 0 Å². The van der Waals surface area contributed by atoms with E-state index in [0.29, 0.717) is 6.61 Å². The number of aromatic nitrogens is 1.